The summed E-state index contributed by atoms with van der Waals surface area (Å²) in [5, 5.41) is 27.1. The molecule has 0 saturated heterocycles. The van der Waals surface area contributed by atoms with Crippen LogP contribution < -0.4 is 5.32 Å². The Kier molecular flexibility index (Phi) is 6.70. The van der Waals surface area contributed by atoms with E-state index in [4.69, 9.17) is 4.42 Å². The number of aromatic nitrogens is 2. The van der Waals surface area contributed by atoms with Crippen LogP contribution in [0.4, 0.5) is 10.7 Å². The molecule has 0 fully saturated rings. The minimum atomic E-state index is -0.581. The van der Waals surface area contributed by atoms with Gasteiger partial charge in [0.15, 0.2) is 5.76 Å². The average molecular weight is 456 g/mol. The van der Waals surface area contributed by atoms with Crippen LogP contribution in [0.2, 0.25) is 0 Å². The fourth-order valence-corrected chi connectivity index (χ4v) is 4.16. The molecule has 3 aromatic rings. The van der Waals surface area contributed by atoms with E-state index in [9.17, 15) is 25.0 Å². The van der Waals surface area contributed by atoms with Gasteiger partial charge in [-0.3, -0.25) is 24.4 Å². The molecular weight excluding hydrogens is 436 g/mol. The van der Waals surface area contributed by atoms with Gasteiger partial charge in [0, 0.05) is 13.1 Å². The number of carbonyl (C=O) groups is 2. The summed E-state index contributed by atoms with van der Waals surface area (Å²) < 4.78 is 6.85. The van der Waals surface area contributed by atoms with Gasteiger partial charge >= 0.3 is 5.69 Å². The second-order valence-electron chi connectivity index (χ2n) is 6.72. The van der Waals surface area contributed by atoms with Crippen LogP contribution in [-0.4, -0.2) is 44.5 Å². The number of hydrogen-bond acceptors (Lipinski definition) is 8. The van der Waals surface area contributed by atoms with Crippen molar-refractivity contribution in [3.05, 3.63) is 62.2 Å². The lowest BCUT2D eigenvalue weighted by Crippen LogP contribution is -2.30. The van der Waals surface area contributed by atoms with Crippen LogP contribution in [0.5, 0.6) is 0 Å². The van der Waals surface area contributed by atoms with Crippen molar-refractivity contribution in [3.8, 4) is 6.07 Å². The lowest BCUT2D eigenvalue weighted by molar-refractivity contribution is -0.385. The predicted molar refractivity (Wildman–Crippen MR) is 116 cm³/mol. The van der Waals surface area contributed by atoms with Crippen molar-refractivity contribution in [1.82, 2.24) is 14.7 Å². The van der Waals surface area contributed by atoms with Crippen molar-refractivity contribution in [2.24, 2.45) is 0 Å². The second kappa shape index (κ2) is 9.44. The number of nitro groups is 1. The number of hydrogen-bond donors (Lipinski definition) is 1. The van der Waals surface area contributed by atoms with Crippen LogP contribution in [-0.2, 0) is 6.54 Å². The molecule has 0 saturated carbocycles. The van der Waals surface area contributed by atoms with Gasteiger partial charge in [-0.25, -0.2) is 0 Å². The number of rotatable bonds is 8. The molecule has 0 aromatic carbocycles. The first-order chi connectivity index (χ1) is 15.3. The van der Waals surface area contributed by atoms with Crippen LogP contribution in [0.15, 0.2) is 28.9 Å². The highest BCUT2D eigenvalue weighted by Crippen LogP contribution is 2.33. The minimum absolute atomic E-state index is 0.00628. The van der Waals surface area contributed by atoms with Crippen LogP contribution in [0.1, 0.15) is 51.0 Å². The molecule has 0 unspecified atom stereocenters. The number of nitrogens with one attached hydrogen (secondary N) is 1. The van der Waals surface area contributed by atoms with Crippen LogP contribution >= 0.6 is 11.3 Å². The highest BCUT2D eigenvalue weighted by molar-refractivity contribution is 7.18. The summed E-state index contributed by atoms with van der Waals surface area (Å²) in [6.45, 7) is 6.58. The average Bonchev–Trinajstić information content (AvgIpc) is 3.48. The number of amides is 2. The summed E-state index contributed by atoms with van der Waals surface area (Å²) in [5.74, 6) is -0.410. The first-order valence-electron chi connectivity index (χ1n) is 9.68. The fourth-order valence-electron chi connectivity index (χ4n) is 3.04. The molecule has 0 bridgehead atoms. The lowest BCUT2D eigenvalue weighted by atomic mass is 10.1. The Balaban J connectivity index is 1.77. The van der Waals surface area contributed by atoms with E-state index in [-0.39, 0.29) is 34.5 Å². The molecule has 0 aliphatic rings. The zero-order valence-electron chi connectivity index (χ0n) is 17.6. The number of nitriles is 1. The third kappa shape index (κ3) is 4.52. The fraction of sp³-hybridized carbons (Fsp3) is 0.300. The highest BCUT2D eigenvalue weighted by atomic mass is 32.1. The molecule has 12 heteroatoms. The van der Waals surface area contributed by atoms with E-state index in [0.717, 1.165) is 17.5 Å². The smallest absolute Gasteiger partial charge is 0.307 e. The van der Waals surface area contributed by atoms with E-state index in [1.807, 2.05) is 19.9 Å². The zero-order chi connectivity index (χ0) is 23.4. The summed E-state index contributed by atoms with van der Waals surface area (Å²) in [5.41, 5.74) is 0.598. The van der Waals surface area contributed by atoms with Gasteiger partial charge in [-0.1, -0.05) is 0 Å². The van der Waals surface area contributed by atoms with Gasteiger partial charge < -0.3 is 14.6 Å². The minimum Gasteiger partial charge on any atom is -0.454 e. The van der Waals surface area contributed by atoms with E-state index < -0.39 is 10.8 Å². The number of nitrogens with zero attached hydrogens (tertiary/aromatic N) is 5. The summed E-state index contributed by atoms with van der Waals surface area (Å²) in [6.07, 6.45) is 2.38. The summed E-state index contributed by atoms with van der Waals surface area (Å²) in [7, 11) is 0. The molecule has 166 valence electrons. The largest absolute Gasteiger partial charge is 0.454 e. The van der Waals surface area contributed by atoms with Crippen molar-refractivity contribution in [3.63, 3.8) is 0 Å². The Morgan fingerprint density at radius 2 is 2.09 bits per heavy atom. The predicted octanol–water partition coefficient (Wildman–Crippen LogP) is 3.41. The topological polar surface area (TPSA) is 147 Å². The quantitative estimate of drug-likeness (QED) is 0.403. The van der Waals surface area contributed by atoms with Crippen molar-refractivity contribution >= 4 is 33.8 Å². The molecule has 11 nitrogen and oxygen atoms in total. The Bertz CT molecular complexity index is 1210. The van der Waals surface area contributed by atoms with E-state index in [1.54, 1.807) is 17.9 Å². The molecule has 3 heterocycles. The van der Waals surface area contributed by atoms with Gasteiger partial charge in [-0.05, 0) is 38.5 Å². The van der Waals surface area contributed by atoms with E-state index in [1.165, 1.54) is 16.9 Å². The maximum Gasteiger partial charge on any atom is 0.307 e. The molecule has 1 N–H and O–H groups in total. The molecule has 2 amide bonds. The second-order valence-corrected chi connectivity index (χ2v) is 7.74. The molecule has 0 radical (unpaired) electrons. The standard InChI is InChI=1S/C20H20N6O5S/c1-4-24(5-2)20(28)17-12(3)15(8-21)19(32-17)23-18(27)16-7-6-14(31-16)11-25-10-13(9-22-25)26(29)30/h6-7,9-10H,4-5,11H2,1-3H3,(H,23,27). The first kappa shape index (κ1) is 22.7. The first-order valence-corrected chi connectivity index (χ1v) is 10.5. The molecule has 0 aliphatic carbocycles. The van der Waals surface area contributed by atoms with Crippen LogP contribution in [0.3, 0.4) is 0 Å². The molecule has 0 spiro atoms. The monoisotopic (exact) mass is 456 g/mol. The van der Waals surface area contributed by atoms with Gasteiger partial charge in [0.2, 0.25) is 0 Å². The number of thiophene rings is 1. The Hall–Kier alpha value is -3.98. The van der Waals surface area contributed by atoms with Gasteiger partial charge in [-0.15, -0.1) is 11.3 Å². The number of furan rings is 1. The summed E-state index contributed by atoms with van der Waals surface area (Å²) in [6, 6.07) is 5.06. The van der Waals surface area contributed by atoms with Gasteiger partial charge in [0.25, 0.3) is 11.8 Å². The van der Waals surface area contributed by atoms with Gasteiger partial charge in [0.05, 0.1) is 21.9 Å². The summed E-state index contributed by atoms with van der Waals surface area (Å²) in [4.78, 5) is 37.6. The van der Waals surface area contributed by atoms with E-state index >= 15 is 0 Å². The SMILES string of the molecule is CCN(CC)C(=O)c1sc(NC(=O)c2ccc(Cn3cc([N+](=O)[O-])cn3)o2)c(C#N)c1C. The van der Waals surface area contributed by atoms with Crippen molar-refractivity contribution in [2.75, 3.05) is 18.4 Å². The molecule has 3 aromatic heterocycles. The highest BCUT2D eigenvalue weighted by Gasteiger charge is 2.25. The summed E-state index contributed by atoms with van der Waals surface area (Å²) >= 11 is 1.05. The van der Waals surface area contributed by atoms with Crippen molar-refractivity contribution in [1.29, 1.82) is 5.26 Å². The Labute approximate surface area is 187 Å². The maximum atomic E-state index is 12.7. The van der Waals surface area contributed by atoms with Gasteiger partial charge in [0.1, 0.15) is 29.2 Å². The Morgan fingerprint density at radius 1 is 1.38 bits per heavy atom. The molecule has 0 atom stereocenters. The number of carbonyl (C=O) groups excluding carboxylic acids is 2. The van der Waals surface area contributed by atoms with E-state index in [2.05, 4.69) is 10.4 Å². The number of anilines is 1. The lowest BCUT2D eigenvalue weighted by Gasteiger charge is -2.17. The van der Waals surface area contributed by atoms with Crippen LogP contribution in [0.25, 0.3) is 0 Å². The normalized spacial score (nSPS) is 10.6. The molecular formula is C20H20N6O5S. The van der Waals surface area contributed by atoms with Crippen molar-refractivity contribution in [2.45, 2.75) is 27.3 Å². The van der Waals surface area contributed by atoms with E-state index in [0.29, 0.717) is 29.3 Å². The molecule has 32 heavy (non-hydrogen) atoms. The van der Waals surface area contributed by atoms with Crippen molar-refractivity contribution < 1.29 is 18.9 Å². The van der Waals surface area contributed by atoms with Crippen LogP contribution in [0, 0.1) is 28.4 Å². The molecule has 0 aliphatic heterocycles. The maximum absolute atomic E-state index is 12.7. The molecule has 3 rings (SSSR count). The van der Waals surface area contributed by atoms with Gasteiger partial charge in [-0.2, -0.15) is 10.4 Å². The third-order valence-electron chi connectivity index (χ3n) is 4.76. The Morgan fingerprint density at radius 3 is 2.69 bits per heavy atom. The third-order valence-corrected chi connectivity index (χ3v) is 5.96. The zero-order valence-corrected chi connectivity index (χ0v) is 18.4.